The number of fused-ring (bicyclic) bond motifs is 1. The van der Waals surface area contributed by atoms with E-state index in [4.69, 9.17) is 18.9 Å². The minimum absolute atomic E-state index is 0.00472. The van der Waals surface area contributed by atoms with Crippen molar-refractivity contribution in [1.82, 2.24) is 0 Å². The van der Waals surface area contributed by atoms with Gasteiger partial charge in [-0.2, -0.15) is 0 Å². The maximum atomic E-state index is 12.7. The summed E-state index contributed by atoms with van der Waals surface area (Å²) in [6, 6.07) is 9.29. The van der Waals surface area contributed by atoms with Crippen molar-refractivity contribution in [1.29, 1.82) is 0 Å². The smallest absolute Gasteiger partial charge is 0.219 e. The van der Waals surface area contributed by atoms with E-state index in [1.54, 1.807) is 7.11 Å². The molecule has 136 valence electrons. The molecule has 2 saturated heterocycles. The van der Waals surface area contributed by atoms with Crippen LogP contribution in [0.4, 0.5) is 0 Å². The summed E-state index contributed by atoms with van der Waals surface area (Å²) in [5.74, 6) is -0.492. The van der Waals surface area contributed by atoms with E-state index in [1.807, 2.05) is 30.3 Å². The van der Waals surface area contributed by atoms with E-state index < -0.39 is 12.1 Å². The standard InChI is InChI=1S/C19H24O5S/c1-21-18-16(25-17(20)13-8-4-2-5-9-13)15-14(12-22-18)23-19(24-15)10-6-3-7-11-19/h2,4-5,8-9,14-16,18H,3,6-7,10-12H2,1H3/t14-,15+,16-,18-/m1/s1. The number of thioether (sulfide) groups is 1. The van der Waals surface area contributed by atoms with Gasteiger partial charge in [-0.25, -0.2) is 0 Å². The van der Waals surface area contributed by atoms with Crippen molar-refractivity contribution >= 4 is 16.9 Å². The van der Waals surface area contributed by atoms with E-state index in [1.165, 1.54) is 18.2 Å². The maximum Gasteiger partial charge on any atom is 0.219 e. The molecule has 4 rings (SSSR count). The number of hydrogen-bond acceptors (Lipinski definition) is 6. The van der Waals surface area contributed by atoms with E-state index in [9.17, 15) is 4.79 Å². The predicted octanol–water partition coefficient (Wildman–Crippen LogP) is 3.38. The molecule has 0 N–H and O–H groups in total. The third kappa shape index (κ3) is 3.51. The van der Waals surface area contributed by atoms with Gasteiger partial charge in [0.15, 0.2) is 12.1 Å². The van der Waals surface area contributed by atoms with Crippen LogP contribution in [0.2, 0.25) is 0 Å². The number of carbonyl (C=O) groups is 1. The second-order valence-electron chi connectivity index (χ2n) is 6.88. The first-order chi connectivity index (χ1) is 12.2. The molecule has 1 saturated carbocycles. The molecule has 5 nitrogen and oxygen atoms in total. The summed E-state index contributed by atoms with van der Waals surface area (Å²) in [6.07, 6.45) is 4.51. The van der Waals surface area contributed by atoms with Crippen LogP contribution in [0, 0.1) is 0 Å². The van der Waals surface area contributed by atoms with Crippen LogP contribution in [0.1, 0.15) is 42.5 Å². The first-order valence-corrected chi connectivity index (χ1v) is 9.85. The van der Waals surface area contributed by atoms with Crippen molar-refractivity contribution < 1.29 is 23.7 Å². The quantitative estimate of drug-likeness (QED) is 0.820. The average molecular weight is 364 g/mol. The van der Waals surface area contributed by atoms with Crippen LogP contribution in [0.15, 0.2) is 30.3 Å². The van der Waals surface area contributed by atoms with E-state index >= 15 is 0 Å². The molecule has 3 fully saturated rings. The van der Waals surface area contributed by atoms with Gasteiger partial charge in [0, 0.05) is 25.5 Å². The maximum absolute atomic E-state index is 12.7. The van der Waals surface area contributed by atoms with Crippen LogP contribution in [-0.2, 0) is 18.9 Å². The van der Waals surface area contributed by atoms with Gasteiger partial charge in [0.05, 0.1) is 11.9 Å². The predicted molar refractivity (Wildman–Crippen MR) is 94.5 cm³/mol. The van der Waals surface area contributed by atoms with Crippen molar-refractivity contribution in [2.45, 2.75) is 61.6 Å². The minimum atomic E-state index is -0.492. The molecule has 25 heavy (non-hydrogen) atoms. The van der Waals surface area contributed by atoms with Crippen LogP contribution in [-0.4, -0.2) is 48.4 Å². The van der Waals surface area contributed by atoms with E-state index in [0.717, 1.165) is 25.7 Å². The van der Waals surface area contributed by atoms with E-state index in [0.29, 0.717) is 12.2 Å². The number of rotatable bonds is 3. The Balaban J connectivity index is 1.52. The molecule has 4 atom stereocenters. The lowest BCUT2D eigenvalue weighted by Gasteiger charge is -2.36. The molecular weight excluding hydrogens is 340 g/mol. The van der Waals surface area contributed by atoms with Crippen molar-refractivity contribution in [3.05, 3.63) is 35.9 Å². The number of benzene rings is 1. The first-order valence-electron chi connectivity index (χ1n) is 8.97. The van der Waals surface area contributed by atoms with Crippen molar-refractivity contribution in [3.8, 4) is 0 Å². The zero-order valence-corrected chi connectivity index (χ0v) is 15.2. The highest BCUT2D eigenvalue weighted by atomic mass is 32.2. The van der Waals surface area contributed by atoms with Crippen LogP contribution in [0.5, 0.6) is 0 Å². The van der Waals surface area contributed by atoms with Gasteiger partial charge in [0.25, 0.3) is 0 Å². The Morgan fingerprint density at radius 3 is 2.64 bits per heavy atom. The Labute approximate surface area is 152 Å². The van der Waals surface area contributed by atoms with Gasteiger partial charge in [-0.3, -0.25) is 4.79 Å². The largest absolute Gasteiger partial charge is 0.355 e. The lowest BCUT2D eigenvalue weighted by Crippen LogP contribution is -2.51. The molecule has 6 heteroatoms. The Morgan fingerprint density at radius 1 is 1.16 bits per heavy atom. The lowest BCUT2D eigenvalue weighted by atomic mass is 9.94. The number of ether oxygens (including phenoxy) is 4. The zero-order valence-electron chi connectivity index (χ0n) is 14.4. The second-order valence-corrected chi connectivity index (χ2v) is 8.03. The molecule has 1 aromatic rings. The van der Waals surface area contributed by atoms with Gasteiger partial charge in [0.2, 0.25) is 5.12 Å². The van der Waals surface area contributed by atoms with Gasteiger partial charge in [-0.05, 0) is 12.8 Å². The van der Waals surface area contributed by atoms with Gasteiger partial charge in [0.1, 0.15) is 12.2 Å². The normalized spacial score (nSPS) is 34.0. The van der Waals surface area contributed by atoms with Gasteiger partial charge in [-0.1, -0.05) is 48.5 Å². The zero-order chi connectivity index (χ0) is 17.3. The number of methoxy groups -OCH3 is 1. The molecule has 0 bridgehead atoms. The highest BCUT2D eigenvalue weighted by molar-refractivity contribution is 8.14. The summed E-state index contributed by atoms with van der Waals surface area (Å²) in [5, 5.41) is -0.233. The van der Waals surface area contributed by atoms with Gasteiger partial charge < -0.3 is 18.9 Å². The monoisotopic (exact) mass is 364 g/mol. The van der Waals surface area contributed by atoms with E-state index in [2.05, 4.69) is 0 Å². The fourth-order valence-corrected chi connectivity index (χ4v) is 5.14. The Hall–Kier alpha value is -0.920. The molecule has 0 amide bonds. The Bertz CT molecular complexity index is 601. The van der Waals surface area contributed by atoms with Crippen LogP contribution in [0.3, 0.4) is 0 Å². The topological polar surface area (TPSA) is 54.0 Å². The molecule has 1 aromatic carbocycles. The van der Waals surface area contributed by atoms with Crippen LogP contribution >= 0.6 is 11.8 Å². The second kappa shape index (κ2) is 7.37. The lowest BCUT2D eigenvalue weighted by molar-refractivity contribution is -0.194. The molecule has 2 aliphatic heterocycles. The van der Waals surface area contributed by atoms with Crippen molar-refractivity contribution in [3.63, 3.8) is 0 Å². The summed E-state index contributed by atoms with van der Waals surface area (Å²) in [4.78, 5) is 12.7. The van der Waals surface area contributed by atoms with Crippen LogP contribution < -0.4 is 0 Å². The minimum Gasteiger partial charge on any atom is -0.355 e. The number of carbonyl (C=O) groups excluding carboxylic acids is 1. The molecule has 0 aromatic heterocycles. The summed E-state index contributed by atoms with van der Waals surface area (Å²) in [6.45, 7) is 0.446. The fourth-order valence-electron chi connectivity index (χ4n) is 3.96. The molecule has 0 unspecified atom stereocenters. The third-order valence-corrected chi connectivity index (χ3v) is 6.41. The van der Waals surface area contributed by atoms with E-state index in [-0.39, 0.29) is 22.6 Å². The fraction of sp³-hybridized carbons (Fsp3) is 0.632. The molecular formula is C19H24O5S. The van der Waals surface area contributed by atoms with Crippen molar-refractivity contribution in [2.24, 2.45) is 0 Å². The van der Waals surface area contributed by atoms with Crippen LogP contribution in [0.25, 0.3) is 0 Å². The summed E-state index contributed by atoms with van der Waals surface area (Å²) < 4.78 is 24.0. The first kappa shape index (κ1) is 17.5. The Morgan fingerprint density at radius 2 is 1.92 bits per heavy atom. The highest BCUT2D eigenvalue weighted by Crippen LogP contribution is 2.46. The SMILES string of the molecule is CO[C@@H]1OC[C@H]2OC3(CCCCC3)O[C@@H]2[C@H]1SC(=O)c1ccccc1. The highest BCUT2D eigenvalue weighted by Gasteiger charge is 2.55. The van der Waals surface area contributed by atoms with Gasteiger partial charge >= 0.3 is 0 Å². The average Bonchev–Trinajstić information content (AvgIpc) is 3.01. The number of hydrogen-bond donors (Lipinski definition) is 0. The summed E-state index contributed by atoms with van der Waals surface area (Å²) in [7, 11) is 1.61. The molecule has 2 heterocycles. The van der Waals surface area contributed by atoms with Gasteiger partial charge in [-0.15, -0.1) is 0 Å². The third-order valence-electron chi connectivity index (χ3n) is 5.20. The molecule has 1 aliphatic carbocycles. The van der Waals surface area contributed by atoms with Crippen molar-refractivity contribution in [2.75, 3.05) is 13.7 Å². The Kier molecular flexibility index (Phi) is 5.15. The molecule has 3 aliphatic rings. The summed E-state index contributed by atoms with van der Waals surface area (Å²) >= 11 is 1.24. The summed E-state index contributed by atoms with van der Waals surface area (Å²) in [5.41, 5.74) is 0.677. The molecule has 0 radical (unpaired) electrons. The molecule has 1 spiro atoms.